The zero-order chi connectivity index (χ0) is 17.0. The Bertz CT molecular complexity index is 613. The van der Waals surface area contributed by atoms with Crippen LogP contribution < -0.4 is 0 Å². The molecule has 0 bridgehead atoms. The number of hydrogen-bond acceptors (Lipinski definition) is 6. The van der Waals surface area contributed by atoms with Crippen molar-refractivity contribution in [2.24, 2.45) is 11.8 Å². The van der Waals surface area contributed by atoms with Gasteiger partial charge in [0, 0.05) is 0 Å². The van der Waals surface area contributed by atoms with Gasteiger partial charge in [0.1, 0.15) is 11.7 Å². The second-order valence-corrected chi connectivity index (χ2v) is 5.29. The Labute approximate surface area is 134 Å². The molecule has 0 saturated heterocycles. The highest BCUT2D eigenvalue weighted by Gasteiger charge is 2.49. The molecule has 6 nitrogen and oxygen atoms in total. The fraction of sp³-hybridized carbons (Fsp3) is 0.471. The van der Waals surface area contributed by atoms with Crippen LogP contribution in [0.3, 0.4) is 0 Å². The van der Waals surface area contributed by atoms with Crippen LogP contribution in [0.15, 0.2) is 34.5 Å². The summed E-state index contributed by atoms with van der Waals surface area (Å²) >= 11 is 0. The van der Waals surface area contributed by atoms with Crippen LogP contribution in [-0.4, -0.2) is 30.9 Å². The van der Waals surface area contributed by atoms with E-state index in [-0.39, 0.29) is 19.0 Å². The van der Waals surface area contributed by atoms with Crippen LogP contribution in [0.1, 0.15) is 32.4 Å². The molecule has 3 unspecified atom stereocenters. The van der Waals surface area contributed by atoms with Gasteiger partial charge in [-0.3, -0.25) is 14.4 Å². The molecule has 1 aliphatic rings. The molecule has 0 aromatic carbocycles. The summed E-state index contributed by atoms with van der Waals surface area (Å²) in [5.74, 6) is -3.76. The molecular weight excluding hydrogens is 300 g/mol. The van der Waals surface area contributed by atoms with Crippen LogP contribution >= 0.6 is 0 Å². The highest BCUT2D eigenvalue weighted by molar-refractivity contribution is 6.08. The first-order valence-corrected chi connectivity index (χ1v) is 7.59. The average molecular weight is 320 g/mol. The van der Waals surface area contributed by atoms with Gasteiger partial charge in [-0.25, -0.2) is 0 Å². The molecule has 0 fully saturated rings. The number of furan rings is 1. The molecule has 23 heavy (non-hydrogen) atoms. The quantitative estimate of drug-likeness (QED) is 0.611. The number of ether oxygens (including phenoxy) is 2. The van der Waals surface area contributed by atoms with E-state index < -0.39 is 29.7 Å². The number of esters is 2. The van der Waals surface area contributed by atoms with E-state index in [0.717, 1.165) is 0 Å². The lowest BCUT2D eigenvalue weighted by molar-refractivity contribution is -0.155. The first-order valence-electron chi connectivity index (χ1n) is 7.59. The number of ketones is 1. The van der Waals surface area contributed by atoms with E-state index in [1.54, 1.807) is 32.9 Å². The van der Waals surface area contributed by atoms with Gasteiger partial charge in [0.25, 0.3) is 0 Å². The van der Waals surface area contributed by atoms with Crippen molar-refractivity contribution in [3.05, 3.63) is 35.8 Å². The summed E-state index contributed by atoms with van der Waals surface area (Å²) in [5.41, 5.74) is 0.551. The third kappa shape index (κ3) is 3.36. The van der Waals surface area contributed by atoms with E-state index in [2.05, 4.69) is 0 Å². The highest BCUT2D eigenvalue weighted by Crippen LogP contribution is 2.42. The normalized spacial score (nSPS) is 24.0. The molecule has 0 aliphatic heterocycles. The van der Waals surface area contributed by atoms with Gasteiger partial charge in [0.15, 0.2) is 5.78 Å². The van der Waals surface area contributed by atoms with E-state index in [1.165, 1.54) is 12.3 Å². The van der Waals surface area contributed by atoms with Crippen molar-refractivity contribution in [1.82, 2.24) is 0 Å². The molecule has 3 atom stereocenters. The molecule has 1 aliphatic carbocycles. The Morgan fingerprint density at radius 1 is 1.13 bits per heavy atom. The van der Waals surface area contributed by atoms with Crippen LogP contribution in [0, 0.1) is 11.8 Å². The van der Waals surface area contributed by atoms with E-state index in [4.69, 9.17) is 13.9 Å². The van der Waals surface area contributed by atoms with Crippen molar-refractivity contribution in [2.75, 3.05) is 13.2 Å². The van der Waals surface area contributed by atoms with Crippen molar-refractivity contribution in [1.29, 1.82) is 0 Å². The maximum absolute atomic E-state index is 12.4. The Hall–Kier alpha value is -2.37. The Balaban J connectivity index is 2.50. The largest absolute Gasteiger partial charge is 0.469 e. The SMILES string of the molecule is CCOC(=O)C1C(=O)C=C(C)C(C(=O)OCC)C1c1ccco1. The summed E-state index contributed by atoms with van der Waals surface area (Å²) in [6.07, 6.45) is 2.76. The zero-order valence-corrected chi connectivity index (χ0v) is 13.4. The number of carbonyl (C=O) groups is 3. The third-order valence-electron chi connectivity index (χ3n) is 3.84. The van der Waals surface area contributed by atoms with Gasteiger partial charge < -0.3 is 13.9 Å². The van der Waals surface area contributed by atoms with Gasteiger partial charge in [-0.2, -0.15) is 0 Å². The standard InChI is InChI=1S/C17H20O6/c1-4-21-16(19)13-10(3)9-11(18)14(17(20)22-5-2)15(13)12-7-6-8-23-12/h6-9,13-15H,4-5H2,1-3H3. The second-order valence-electron chi connectivity index (χ2n) is 5.29. The van der Waals surface area contributed by atoms with Crippen LogP contribution in [0.2, 0.25) is 0 Å². The van der Waals surface area contributed by atoms with Gasteiger partial charge in [0.2, 0.25) is 0 Å². The molecule has 0 spiro atoms. The topological polar surface area (TPSA) is 82.8 Å². The summed E-state index contributed by atoms with van der Waals surface area (Å²) in [5, 5.41) is 0. The van der Waals surface area contributed by atoms with Gasteiger partial charge in [0.05, 0.1) is 31.3 Å². The Kier molecular flexibility index (Phi) is 5.36. The number of hydrogen-bond donors (Lipinski definition) is 0. The maximum atomic E-state index is 12.4. The van der Waals surface area contributed by atoms with Crippen molar-refractivity contribution >= 4 is 17.7 Å². The van der Waals surface area contributed by atoms with Crippen LogP contribution in [0.25, 0.3) is 0 Å². The molecular formula is C17H20O6. The van der Waals surface area contributed by atoms with Gasteiger partial charge in [-0.05, 0) is 39.0 Å². The highest BCUT2D eigenvalue weighted by atomic mass is 16.5. The summed E-state index contributed by atoms with van der Waals surface area (Å²) in [7, 11) is 0. The molecule has 2 rings (SSSR count). The summed E-state index contributed by atoms with van der Waals surface area (Å²) in [4.78, 5) is 37.0. The fourth-order valence-corrected chi connectivity index (χ4v) is 2.93. The molecule has 1 aromatic rings. The summed E-state index contributed by atoms with van der Waals surface area (Å²) in [6, 6.07) is 3.30. The number of carbonyl (C=O) groups excluding carboxylic acids is 3. The predicted molar refractivity (Wildman–Crippen MR) is 80.5 cm³/mol. The third-order valence-corrected chi connectivity index (χ3v) is 3.84. The molecule has 0 amide bonds. The van der Waals surface area contributed by atoms with Crippen LogP contribution in [0.4, 0.5) is 0 Å². The van der Waals surface area contributed by atoms with Crippen LogP contribution in [0.5, 0.6) is 0 Å². The average Bonchev–Trinajstić information content (AvgIpc) is 3.00. The minimum absolute atomic E-state index is 0.153. The number of allylic oxidation sites excluding steroid dienone is 1. The van der Waals surface area contributed by atoms with Gasteiger partial charge in [-0.15, -0.1) is 0 Å². The molecule has 1 aromatic heterocycles. The molecule has 6 heteroatoms. The lowest BCUT2D eigenvalue weighted by Gasteiger charge is -2.32. The van der Waals surface area contributed by atoms with E-state index >= 15 is 0 Å². The van der Waals surface area contributed by atoms with Gasteiger partial charge >= 0.3 is 11.9 Å². The Morgan fingerprint density at radius 2 is 1.74 bits per heavy atom. The zero-order valence-electron chi connectivity index (χ0n) is 13.4. The maximum Gasteiger partial charge on any atom is 0.317 e. The van der Waals surface area contributed by atoms with E-state index in [1.807, 2.05) is 0 Å². The lowest BCUT2D eigenvalue weighted by atomic mass is 9.70. The van der Waals surface area contributed by atoms with Crippen molar-refractivity contribution < 1.29 is 28.3 Å². The molecule has 0 N–H and O–H groups in total. The molecule has 0 saturated carbocycles. The smallest absolute Gasteiger partial charge is 0.317 e. The first-order chi connectivity index (χ1) is 11.0. The van der Waals surface area contributed by atoms with E-state index in [9.17, 15) is 14.4 Å². The van der Waals surface area contributed by atoms with Crippen molar-refractivity contribution in [3.63, 3.8) is 0 Å². The molecule has 124 valence electrons. The van der Waals surface area contributed by atoms with E-state index in [0.29, 0.717) is 11.3 Å². The summed E-state index contributed by atoms with van der Waals surface area (Å²) < 4.78 is 15.5. The van der Waals surface area contributed by atoms with Gasteiger partial charge in [-0.1, -0.05) is 5.57 Å². The number of rotatable bonds is 5. The second kappa shape index (κ2) is 7.26. The lowest BCUT2D eigenvalue weighted by Crippen LogP contribution is -2.41. The summed E-state index contributed by atoms with van der Waals surface area (Å²) in [6.45, 7) is 5.41. The van der Waals surface area contributed by atoms with Crippen molar-refractivity contribution in [2.45, 2.75) is 26.7 Å². The predicted octanol–water partition coefficient (Wildman–Crippen LogP) is 2.25. The minimum Gasteiger partial charge on any atom is -0.469 e. The monoisotopic (exact) mass is 320 g/mol. The van der Waals surface area contributed by atoms with Crippen molar-refractivity contribution in [3.8, 4) is 0 Å². The molecule has 0 radical (unpaired) electrons. The Morgan fingerprint density at radius 3 is 2.26 bits per heavy atom. The molecule has 1 heterocycles. The fourth-order valence-electron chi connectivity index (χ4n) is 2.93. The minimum atomic E-state index is -1.11. The van der Waals surface area contributed by atoms with Crippen LogP contribution in [-0.2, 0) is 23.9 Å². The first kappa shape index (κ1) is 17.0.